The Kier molecular flexibility index (Phi) is 9.16. The van der Waals surface area contributed by atoms with Crippen LogP contribution < -0.4 is 10.6 Å². The maximum absolute atomic E-state index is 11.8. The number of methoxy groups -OCH3 is 1. The second kappa shape index (κ2) is 9.75. The second-order valence-electron chi connectivity index (χ2n) is 5.11. The summed E-state index contributed by atoms with van der Waals surface area (Å²) in [6, 6.07) is -0.560. The number of rotatable bonds is 9. The highest BCUT2D eigenvalue weighted by Crippen LogP contribution is 2.06. The molecule has 0 saturated carbocycles. The molecular formula is C13H27N3O3. The number of amides is 1. The number of likely N-dealkylation sites (N-methyl/N-ethyl adjacent to an activating group) is 2. The van der Waals surface area contributed by atoms with E-state index >= 15 is 0 Å². The van der Waals surface area contributed by atoms with Gasteiger partial charge in [0.05, 0.1) is 13.7 Å². The molecule has 0 aliphatic rings. The number of nitrogens with one attached hydrogen (secondary N) is 2. The van der Waals surface area contributed by atoms with E-state index in [1.54, 1.807) is 0 Å². The molecule has 19 heavy (non-hydrogen) atoms. The molecule has 0 aromatic heterocycles. The van der Waals surface area contributed by atoms with Crippen LogP contribution in [0.25, 0.3) is 0 Å². The molecule has 0 aromatic rings. The highest BCUT2D eigenvalue weighted by molar-refractivity contribution is 5.85. The Morgan fingerprint density at radius 2 is 1.95 bits per heavy atom. The summed E-state index contributed by atoms with van der Waals surface area (Å²) in [6.45, 7) is 5.86. The largest absolute Gasteiger partial charge is 0.467 e. The van der Waals surface area contributed by atoms with Gasteiger partial charge in [-0.15, -0.1) is 0 Å². The summed E-state index contributed by atoms with van der Waals surface area (Å²) in [5, 5.41) is 5.75. The quantitative estimate of drug-likeness (QED) is 0.571. The molecule has 0 fully saturated rings. The molecule has 1 amide bonds. The topological polar surface area (TPSA) is 70.7 Å². The Hall–Kier alpha value is -1.14. The lowest BCUT2D eigenvalue weighted by Crippen LogP contribution is -2.46. The zero-order valence-electron chi connectivity index (χ0n) is 12.7. The van der Waals surface area contributed by atoms with Crippen molar-refractivity contribution in [2.75, 3.05) is 40.8 Å². The van der Waals surface area contributed by atoms with Gasteiger partial charge in [-0.1, -0.05) is 13.8 Å². The van der Waals surface area contributed by atoms with E-state index in [0.29, 0.717) is 12.3 Å². The van der Waals surface area contributed by atoms with Crippen LogP contribution in [0.2, 0.25) is 0 Å². The van der Waals surface area contributed by atoms with Crippen molar-refractivity contribution >= 4 is 11.9 Å². The Bertz CT molecular complexity index is 282. The maximum Gasteiger partial charge on any atom is 0.328 e. The summed E-state index contributed by atoms with van der Waals surface area (Å²) < 4.78 is 4.71. The van der Waals surface area contributed by atoms with E-state index in [2.05, 4.69) is 10.6 Å². The third-order valence-electron chi connectivity index (χ3n) is 2.69. The van der Waals surface area contributed by atoms with E-state index in [4.69, 9.17) is 4.74 Å². The maximum atomic E-state index is 11.8. The Labute approximate surface area is 115 Å². The molecular weight excluding hydrogens is 246 g/mol. The first-order chi connectivity index (χ1) is 8.90. The van der Waals surface area contributed by atoms with Crippen molar-refractivity contribution in [1.29, 1.82) is 0 Å². The summed E-state index contributed by atoms with van der Waals surface area (Å²) in [5.41, 5.74) is 0. The van der Waals surface area contributed by atoms with Crippen LogP contribution in [-0.4, -0.2) is 63.7 Å². The highest BCUT2D eigenvalue weighted by atomic mass is 16.5. The first-order valence-electron chi connectivity index (χ1n) is 6.61. The van der Waals surface area contributed by atoms with E-state index in [1.807, 2.05) is 32.8 Å². The number of hydrogen-bond acceptors (Lipinski definition) is 5. The molecule has 0 aliphatic carbocycles. The van der Waals surface area contributed by atoms with Crippen LogP contribution in [0.4, 0.5) is 0 Å². The van der Waals surface area contributed by atoms with Gasteiger partial charge in [0, 0.05) is 13.1 Å². The van der Waals surface area contributed by atoms with Crippen LogP contribution in [0.5, 0.6) is 0 Å². The van der Waals surface area contributed by atoms with Gasteiger partial charge in [0.1, 0.15) is 6.04 Å². The van der Waals surface area contributed by atoms with Gasteiger partial charge in [0.2, 0.25) is 5.91 Å². The molecule has 0 heterocycles. The number of hydrogen-bond donors (Lipinski definition) is 2. The Morgan fingerprint density at radius 1 is 1.32 bits per heavy atom. The molecule has 0 radical (unpaired) electrons. The minimum absolute atomic E-state index is 0.158. The second-order valence-corrected chi connectivity index (χ2v) is 5.11. The third-order valence-corrected chi connectivity index (χ3v) is 2.69. The van der Waals surface area contributed by atoms with E-state index < -0.39 is 6.04 Å². The van der Waals surface area contributed by atoms with Gasteiger partial charge in [0.25, 0.3) is 0 Å². The van der Waals surface area contributed by atoms with Crippen molar-refractivity contribution in [3.8, 4) is 0 Å². The van der Waals surface area contributed by atoms with Crippen molar-refractivity contribution in [1.82, 2.24) is 15.5 Å². The van der Waals surface area contributed by atoms with E-state index in [9.17, 15) is 9.59 Å². The molecule has 0 rings (SSSR count). The number of carbonyl (C=O) groups excluding carboxylic acids is 2. The predicted molar refractivity (Wildman–Crippen MR) is 74.8 cm³/mol. The monoisotopic (exact) mass is 273 g/mol. The summed E-state index contributed by atoms with van der Waals surface area (Å²) in [7, 11) is 5.07. The lowest BCUT2D eigenvalue weighted by Gasteiger charge is -2.21. The predicted octanol–water partition coefficient (Wildman–Crippen LogP) is -0.158. The minimum Gasteiger partial charge on any atom is -0.467 e. The van der Waals surface area contributed by atoms with Crippen LogP contribution in [0, 0.1) is 5.92 Å². The van der Waals surface area contributed by atoms with Gasteiger partial charge in [-0.3, -0.25) is 9.69 Å². The van der Waals surface area contributed by atoms with Gasteiger partial charge < -0.3 is 15.4 Å². The standard InChI is InChI=1S/C13H27N3O3/c1-10(2)8-11(13(18)19-5)15-12(17)9-16(4)7-6-14-3/h10-11,14H,6-9H2,1-5H3,(H,15,17). The van der Waals surface area contributed by atoms with Crippen molar-refractivity contribution in [2.45, 2.75) is 26.3 Å². The summed E-state index contributed by atoms with van der Waals surface area (Å²) >= 11 is 0. The average Bonchev–Trinajstić information content (AvgIpc) is 2.33. The number of nitrogens with zero attached hydrogens (tertiary/aromatic N) is 1. The SMILES string of the molecule is CNCCN(C)CC(=O)NC(CC(C)C)C(=O)OC. The normalized spacial score (nSPS) is 12.6. The molecule has 1 atom stereocenters. The lowest BCUT2D eigenvalue weighted by molar-refractivity contribution is -0.145. The molecule has 2 N–H and O–H groups in total. The molecule has 112 valence electrons. The highest BCUT2D eigenvalue weighted by Gasteiger charge is 2.22. The van der Waals surface area contributed by atoms with Crippen molar-refractivity contribution in [3.05, 3.63) is 0 Å². The zero-order valence-corrected chi connectivity index (χ0v) is 12.7. The first-order valence-corrected chi connectivity index (χ1v) is 6.61. The third kappa shape index (κ3) is 8.56. The molecule has 6 heteroatoms. The average molecular weight is 273 g/mol. The van der Waals surface area contributed by atoms with Gasteiger partial charge in [-0.25, -0.2) is 4.79 Å². The summed E-state index contributed by atoms with van der Waals surface area (Å²) in [6.07, 6.45) is 0.582. The van der Waals surface area contributed by atoms with Gasteiger partial charge >= 0.3 is 5.97 Å². The van der Waals surface area contributed by atoms with Gasteiger partial charge in [-0.05, 0) is 26.4 Å². The van der Waals surface area contributed by atoms with E-state index in [0.717, 1.165) is 13.1 Å². The molecule has 1 unspecified atom stereocenters. The van der Waals surface area contributed by atoms with Gasteiger partial charge in [-0.2, -0.15) is 0 Å². The number of ether oxygens (including phenoxy) is 1. The molecule has 0 bridgehead atoms. The minimum atomic E-state index is -0.560. The van der Waals surface area contributed by atoms with Crippen LogP contribution in [0.3, 0.4) is 0 Å². The number of esters is 1. The fraction of sp³-hybridized carbons (Fsp3) is 0.846. The van der Waals surface area contributed by atoms with Crippen molar-refractivity contribution < 1.29 is 14.3 Å². The summed E-state index contributed by atoms with van der Waals surface area (Å²) in [4.78, 5) is 25.3. The fourth-order valence-corrected chi connectivity index (χ4v) is 1.69. The van der Waals surface area contributed by atoms with Crippen LogP contribution >= 0.6 is 0 Å². The zero-order chi connectivity index (χ0) is 14.8. The van der Waals surface area contributed by atoms with Crippen LogP contribution in [0.1, 0.15) is 20.3 Å². The lowest BCUT2D eigenvalue weighted by atomic mass is 10.0. The molecule has 0 aromatic carbocycles. The molecule has 6 nitrogen and oxygen atoms in total. The Morgan fingerprint density at radius 3 is 2.42 bits per heavy atom. The van der Waals surface area contributed by atoms with Crippen LogP contribution in [0.15, 0.2) is 0 Å². The Balaban J connectivity index is 4.26. The summed E-state index contributed by atoms with van der Waals surface area (Å²) in [5.74, 6) is -0.235. The van der Waals surface area contributed by atoms with Crippen LogP contribution in [-0.2, 0) is 14.3 Å². The fourth-order valence-electron chi connectivity index (χ4n) is 1.69. The molecule has 0 aliphatic heterocycles. The first kappa shape index (κ1) is 17.9. The van der Waals surface area contributed by atoms with E-state index in [-0.39, 0.29) is 18.4 Å². The molecule has 0 spiro atoms. The number of carbonyl (C=O) groups is 2. The van der Waals surface area contributed by atoms with E-state index in [1.165, 1.54) is 7.11 Å². The smallest absolute Gasteiger partial charge is 0.328 e. The van der Waals surface area contributed by atoms with Crippen molar-refractivity contribution in [3.63, 3.8) is 0 Å². The van der Waals surface area contributed by atoms with Gasteiger partial charge in [0.15, 0.2) is 0 Å². The van der Waals surface area contributed by atoms with Crippen molar-refractivity contribution in [2.24, 2.45) is 5.92 Å². The molecule has 0 saturated heterocycles.